The van der Waals surface area contributed by atoms with Crippen LogP contribution >= 0.6 is 0 Å². The number of hydrogen-bond donors (Lipinski definition) is 0. The first-order valence-corrected chi connectivity index (χ1v) is 18.5. The van der Waals surface area contributed by atoms with E-state index in [-0.39, 0.29) is 0 Å². The molecule has 0 fully saturated rings. The van der Waals surface area contributed by atoms with Crippen molar-refractivity contribution in [2.24, 2.45) is 0 Å². The SMILES string of the molecule is c1ccc(-c2ccc(-c3ccc(-c4ccc5c6c7ccccc7ccc6n(-c6ccccc6)c5c4)cc3)c(N(c3ccccc3)c3ccccc3)c2)cc1. The van der Waals surface area contributed by atoms with Crippen LogP contribution in [0.4, 0.5) is 17.1 Å². The van der Waals surface area contributed by atoms with Crippen molar-refractivity contribution >= 4 is 49.6 Å². The van der Waals surface area contributed by atoms with Crippen LogP contribution in [0.2, 0.25) is 0 Å². The van der Waals surface area contributed by atoms with E-state index in [9.17, 15) is 0 Å². The van der Waals surface area contributed by atoms with Crippen LogP contribution in [0, 0.1) is 0 Å². The molecule has 0 aliphatic rings. The molecule has 0 aliphatic carbocycles. The van der Waals surface area contributed by atoms with E-state index < -0.39 is 0 Å². The normalized spacial score (nSPS) is 11.3. The van der Waals surface area contributed by atoms with Gasteiger partial charge in [0.05, 0.1) is 16.7 Å². The third-order valence-corrected chi connectivity index (χ3v) is 10.6. The Hall–Kier alpha value is -7.16. The first-order valence-electron chi connectivity index (χ1n) is 18.5. The number of hydrogen-bond acceptors (Lipinski definition) is 1. The zero-order chi connectivity index (χ0) is 35.8. The van der Waals surface area contributed by atoms with Crippen molar-refractivity contribution in [3.8, 4) is 39.1 Å². The Balaban J connectivity index is 1.12. The maximum absolute atomic E-state index is 2.41. The van der Waals surface area contributed by atoms with Crippen LogP contribution in [0.15, 0.2) is 218 Å². The molecule has 1 aromatic heterocycles. The van der Waals surface area contributed by atoms with Gasteiger partial charge in [0.15, 0.2) is 0 Å². The van der Waals surface area contributed by atoms with Crippen molar-refractivity contribution in [3.63, 3.8) is 0 Å². The van der Waals surface area contributed by atoms with Crippen molar-refractivity contribution in [2.45, 2.75) is 0 Å². The molecule has 54 heavy (non-hydrogen) atoms. The van der Waals surface area contributed by atoms with Gasteiger partial charge in [0.25, 0.3) is 0 Å². The largest absolute Gasteiger partial charge is 0.310 e. The molecule has 10 rings (SSSR count). The highest BCUT2D eigenvalue weighted by atomic mass is 15.1. The molecule has 10 aromatic rings. The van der Waals surface area contributed by atoms with Crippen molar-refractivity contribution in [3.05, 3.63) is 218 Å². The van der Waals surface area contributed by atoms with Gasteiger partial charge in [0, 0.05) is 33.4 Å². The third kappa shape index (κ3) is 5.53. The smallest absolute Gasteiger partial charge is 0.0547 e. The van der Waals surface area contributed by atoms with Crippen LogP contribution in [-0.4, -0.2) is 4.57 Å². The van der Waals surface area contributed by atoms with Gasteiger partial charge in [-0.3, -0.25) is 0 Å². The quantitative estimate of drug-likeness (QED) is 0.162. The van der Waals surface area contributed by atoms with Crippen LogP contribution in [-0.2, 0) is 0 Å². The van der Waals surface area contributed by atoms with E-state index in [0.717, 1.165) is 28.3 Å². The van der Waals surface area contributed by atoms with Gasteiger partial charge < -0.3 is 9.47 Å². The first kappa shape index (κ1) is 31.6. The van der Waals surface area contributed by atoms with Gasteiger partial charge in [0.1, 0.15) is 0 Å². The van der Waals surface area contributed by atoms with Gasteiger partial charge in [0.2, 0.25) is 0 Å². The summed E-state index contributed by atoms with van der Waals surface area (Å²) in [4.78, 5) is 2.37. The highest BCUT2D eigenvalue weighted by Gasteiger charge is 2.19. The predicted molar refractivity (Wildman–Crippen MR) is 229 cm³/mol. The minimum absolute atomic E-state index is 1.11. The molecule has 254 valence electrons. The van der Waals surface area contributed by atoms with Crippen molar-refractivity contribution in [1.82, 2.24) is 4.57 Å². The van der Waals surface area contributed by atoms with E-state index in [0.29, 0.717) is 0 Å². The van der Waals surface area contributed by atoms with Crippen LogP contribution in [0.5, 0.6) is 0 Å². The number of benzene rings is 9. The number of rotatable bonds is 7. The van der Waals surface area contributed by atoms with E-state index in [2.05, 4.69) is 228 Å². The number of anilines is 3. The second kappa shape index (κ2) is 13.4. The molecule has 0 spiro atoms. The minimum Gasteiger partial charge on any atom is -0.310 e. The summed E-state index contributed by atoms with van der Waals surface area (Å²) >= 11 is 0. The first-order chi connectivity index (χ1) is 26.8. The molecular formula is C52H36N2. The average Bonchev–Trinajstić information content (AvgIpc) is 3.59. The zero-order valence-corrected chi connectivity index (χ0v) is 29.7. The van der Waals surface area contributed by atoms with E-state index in [1.807, 2.05) is 0 Å². The fourth-order valence-electron chi connectivity index (χ4n) is 8.02. The van der Waals surface area contributed by atoms with Crippen LogP contribution < -0.4 is 4.90 Å². The Morgan fingerprint density at radius 1 is 0.333 bits per heavy atom. The fourth-order valence-corrected chi connectivity index (χ4v) is 8.02. The number of para-hydroxylation sites is 3. The van der Waals surface area contributed by atoms with Gasteiger partial charge in [-0.2, -0.15) is 0 Å². The Bertz CT molecular complexity index is 2850. The Kier molecular flexibility index (Phi) is 7.85. The molecule has 0 atom stereocenters. The van der Waals surface area contributed by atoms with Gasteiger partial charge in [-0.1, -0.05) is 164 Å². The molecule has 1 heterocycles. The summed E-state index contributed by atoms with van der Waals surface area (Å²) in [6.07, 6.45) is 0. The molecule has 2 heteroatoms. The molecule has 9 aromatic carbocycles. The molecule has 0 radical (unpaired) electrons. The second-order valence-corrected chi connectivity index (χ2v) is 13.8. The summed E-state index contributed by atoms with van der Waals surface area (Å²) < 4.78 is 2.41. The lowest BCUT2D eigenvalue weighted by Crippen LogP contribution is -2.11. The molecule has 2 nitrogen and oxygen atoms in total. The van der Waals surface area contributed by atoms with E-state index >= 15 is 0 Å². The summed E-state index contributed by atoms with van der Waals surface area (Å²) in [6.45, 7) is 0. The monoisotopic (exact) mass is 688 g/mol. The summed E-state index contributed by atoms with van der Waals surface area (Å²) in [5.74, 6) is 0. The number of aromatic nitrogens is 1. The van der Waals surface area contributed by atoms with E-state index in [4.69, 9.17) is 0 Å². The highest BCUT2D eigenvalue weighted by molar-refractivity contribution is 6.21. The lowest BCUT2D eigenvalue weighted by Gasteiger charge is -2.28. The highest BCUT2D eigenvalue weighted by Crippen LogP contribution is 2.44. The van der Waals surface area contributed by atoms with Gasteiger partial charge in [-0.05, 0) is 93.2 Å². The van der Waals surface area contributed by atoms with E-state index in [1.165, 1.54) is 60.4 Å². The Morgan fingerprint density at radius 3 is 1.57 bits per heavy atom. The fraction of sp³-hybridized carbons (Fsp3) is 0. The third-order valence-electron chi connectivity index (χ3n) is 10.6. The number of nitrogens with zero attached hydrogens (tertiary/aromatic N) is 2. The van der Waals surface area contributed by atoms with Crippen molar-refractivity contribution < 1.29 is 0 Å². The standard InChI is InChI=1S/C52H36N2/c1-5-15-37(16-6-1)41-29-32-46(50(35-41)53(43-18-7-2-8-19-43)44-20-9-3-10-21-44)40-27-25-38(26-28-40)42-30-33-48-51(36-42)54(45-22-11-4-12-23-45)49-34-31-39-17-13-14-24-47(39)52(48)49/h1-36H. The van der Waals surface area contributed by atoms with Crippen molar-refractivity contribution in [1.29, 1.82) is 0 Å². The molecule has 0 saturated heterocycles. The average molecular weight is 689 g/mol. The molecule has 0 amide bonds. The Labute approximate surface area is 315 Å². The second-order valence-electron chi connectivity index (χ2n) is 13.8. The van der Waals surface area contributed by atoms with Crippen LogP contribution in [0.25, 0.3) is 71.6 Å². The maximum Gasteiger partial charge on any atom is 0.0547 e. The molecular weight excluding hydrogens is 653 g/mol. The number of fused-ring (bicyclic) bond motifs is 5. The Morgan fingerprint density at radius 2 is 0.870 bits per heavy atom. The predicted octanol–water partition coefficient (Wildman–Crippen LogP) is 14.4. The molecule has 0 saturated carbocycles. The summed E-state index contributed by atoms with van der Waals surface area (Å²) in [7, 11) is 0. The topological polar surface area (TPSA) is 8.17 Å². The lowest BCUT2D eigenvalue weighted by atomic mass is 9.95. The van der Waals surface area contributed by atoms with Gasteiger partial charge in [-0.25, -0.2) is 0 Å². The van der Waals surface area contributed by atoms with Crippen molar-refractivity contribution in [2.75, 3.05) is 4.90 Å². The summed E-state index contributed by atoms with van der Waals surface area (Å²) in [5, 5.41) is 5.09. The summed E-state index contributed by atoms with van der Waals surface area (Å²) in [5.41, 5.74) is 14.0. The zero-order valence-electron chi connectivity index (χ0n) is 29.7. The van der Waals surface area contributed by atoms with Gasteiger partial charge >= 0.3 is 0 Å². The molecule has 0 N–H and O–H groups in total. The van der Waals surface area contributed by atoms with Crippen LogP contribution in [0.1, 0.15) is 0 Å². The van der Waals surface area contributed by atoms with Crippen LogP contribution in [0.3, 0.4) is 0 Å². The van der Waals surface area contributed by atoms with Gasteiger partial charge in [-0.15, -0.1) is 0 Å². The lowest BCUT2D eigenvalue weighted by molar-refractivity contribution is 1.18. The summed E-state index contributed by atoms with van der Waals surface area (Å²) in [6, 6.07) is 78.8. The van der Waals surface area contributed by atoms with E-state index in [1.54, 1.807) is 0 Å². The molecule has 0 aliphatic heterocycles. The molecule has 0 unspecified atom stereocenters. The minimum atomic E-state index is 1.11. The molecule has 0 bridgehead atoms. The maximum atomic E-state index is 2.41.